The first-order chi connectivity index (χ1) is 17.5. The highest BCUT2D eigenvalue weighted by Crippen LogP contribution is 2.30. The van der Waals surface area contributed by atoms with Crippen LogP contribution in [0.4, 0.5) is 17.2 Å². The van der Waals surface area contributed by atoms with Gasteiger partial charge in [-0.1, -0.05) is 30.3 Å². The van der Waals surface area contributed by atoms with Crippen molar-refractivity contribution in [2.24, 2.45) is 0 Å². The summed E-state index contributed by atoms with van der Waals surface area (Å²) in [4.78, 5) is 24.1. The van der Waals surface area contributed by atoms with Crippen LogP contribution in [0.1, 0.15) is 5.56 Å². The summed E-state index contributed by atoms with van der Waals surface area (Å²) in [5, 5.41) is 12.8. The molecule has 4 aromatic rings. The molecule has 1 N–H and O–H groups in total. The Labute approximate surface area is 211 Å². The fourth-order valence-corrected chi connectivity index (χ4v) is 4.60. The van der Waals surface area contributed by atoms with Gasteiger partial charge < -0.3 is 20.0 Å². The monoisotopic (exact) mass is 479 g/mol. The number of fused-ring (bicyclic) bond motifs is 1. The van der Waals surface area contributed by atoms with Gasteiger partial charge >= 0.3 is 0 Å². The minimum atomic E-state index is 0.0444. The van der Waals surface area contributed by atoms with Crippen molar-refractivity contribution in [3.8, 4) is 17.3 Å². The summed E-state index contributed by atoms with van der Waals surface area (Å²) in [6.45, 7) is 2.81. The second-order valence-electron chi connectivity index (χ2n) is 9.03. The van der Waals surface area contributed by atoms with Gasteiger partial charge in [0.2, 0.25) is 5.91 Å². The van der Waals surface area contributed by atoms with Gasteiger partial charge in [0, 0.05) is 57.7 Å². The second kappa shape index (κ2) is 10.0. The lowest BCUT2D eigenvalue weighted by Crippen LogP contribution is -2.50. The number of amides is 1. The van der Waals surface area contributed by atoms with E-state index in [-0.39, 0.29) is 12.5 Å². The zero-order valence-corrected chi connectivity index (χ0v) is 20.6. The lowest BCUT2D eigenvalue weighted by atomic mass is 10.1. The van der Waals surface area contributed by atoms with Crippen molar-refractivity contribution in [3.63, 3.8) is 0 Å². The fraction of sp³-hybridized carbons (Fsp3) is 0.250. The van der Waals surface area contributed by atoms with Gasteiger partial charge in [-0.2, -0.15) is 5.26 Å². The maximum absolute atomic E-state index is 13.1. The van der Waals surface area contributed by atoms with Crippen LogP contribution in [0.2, 0.25) is 0 Å². The topological polar surface area (TPSA) is 79.9 Å². The first-order valence-corrected chi connectivity index (χ1v) is 12.1. The van der Waals surface area contributed by atoms with Crippen LogP contribution in [0.15, 0.2) is 72.9 Å². The molecule has 0 saturated carbocycles. The normalized spacial score (nSPS) is 13.5. The van der Waals surface area contributed by atoms with E-state index in [2.05, 4.69) is 45.5 Å². The predicted octanol–water partition coefficient (Wildman–Crippen LogP) is 3.70. The molecule has 0 unspecified atom stereocenters. The van der Waals surface area contributed by atoms with Crippen LogP contribution in [0.25, 0.3) is 16.9 Å². The lowest BCUT2D eigenvalue weighted by molar-refractivity contribution is -0.129. The molecule has 1 amide bonds. The van der Waals surface area contributed by atoms with Gasteiger partial charge in [-0.05, 0) is 36.4 Å². The highest BCUT2D eigenvalue weighted by Gasteiger charge is 2.23. The molecule has 1 saturated heterocycles. The van der Waals surface area contributed by atoms with Crippen molar-refractivity contribution in [1.29, 1.82) is 5.26 Å². The Morgan fingerprint density at radius 1 is 1.00 bits per heavy atom. The standard InChI is InChI=1S/C28H29N7O/c1-32(2)23-12-10-21(11-13-23)27-28(35-14-6-5-9-25(35)31-27)30-20-26(36)34-17-15-33(16-18-34)24-8-4-3-7-22(24)19-29/h3-14,30H,15-18,20H2,1-2H3. The number of benzene rings is 2. The van der Waals surface area contributed by atoms with Gasteiger partial charge in [-0.25, -0.2) is 4.98 Å². The van der Waals surface area contributed by atoms with Crippen molar-refractivity contribution in [2.45, 2.75) is 0 Å². The molecule has 8 nitrogen and oxygen atoms in total. The molecule has 1 aliphatic rings. The smallest absolute Gasteiger partial charge is 0.242 e. The maximum Gasteiger partial charge on any atom is 0.242 e. The van der Waals surface area contributed by atoms with Crippen LogP contribution < -0.4 is 15.1 Å². The molecule has 182 valence electrons. The minimum Gasteiger partial charge on any atom is -0.378 e. The quantitative estimate of drug-likeness (QED) is 0.454. The molecule has 0 aliphatic carbocycles. The van der Waals surface area contributed by atoms with Crippen LogP contribution in [-0.4, -0.2) is 67.0 Å². The van der Waals surface area contributed by atoms with Crippen molar-refractivity contribution in [2.75, 3.05) is 61.9 Å². The van der Waals surface area contributed by atoms with Crippen LogP contribution in [-0.2, 0) is 4.79 Å². The largest absolute Gasteiger partial charge is 0.378 e. The van der Waals surface area contributed by atoms with E-state index in [0.717, 1.165) is 34.1 Å². The summed E-state index contributed by atoms with van der Waals surface area (Å²) < 4.78 is 1.99. The predicted molar refractivity (Wildman–Crippen MR) is 143 cm³/mol. The Hall–Kier alpha value is -4.51. The molecule has 0 spiro atoms. The molecule has 5 rings (SSSR count). The van der Waals surface area contributed by atoms with Crippen molar-refractivity contribution in [1.82, 2.24) is 14.3 Å². The Bertz CT molecular complexity index is 1410. The number of aromatic nitrogens is 2. The number of hydrogen-bond donors (Lipinski definition) is 1. The highest BCUT2D eigenvalue weighted by atomic mass is 16.2. The number of nitrogens with one attached hydrogen (secondary N) is 1. The van der Waals surface area contributed by atoms with E-state index in [1.54, 1.807) is 0 Å². The van der Waals surface area contributed by atoms with E-state index >= 15 is 0 Å². The molecule has 2 aromatic heterocycles. The molecular weight excluding hydrogens is 450 g/mol. The number of imidazole rings is 1. The van der Waals surface area contributed by atoms with Gasteiger partial charge in [-0.15, -0.1) is 0 Å². The highest BCUT2D eigenvalue weighted by molar-refractivity contribution is 5.84. The number of nitrogens with zero attached hydrogens (tertiary/aromatic N) is 6. The van der Waals surface area contributed by atoms with Crippen molar-refractivity contribution >= 4 is 28.7 Å². The molecule has 0 bridgehead atoms. The third-order valence-corrected chi connectivity index (χ3v) is 6.59. The van der Waals surface area contributed by atoms with E-state index in [0.29, 0.717) is 31.7 Å². The number of pyridine rings is 1. The van der Waals surface area contributed by atoms with Crippen molar-refractivity contribution in [3.05, 3.63) is 78.5 Å². The number of para-hydroxylation sites is 1. The van der Waals surface area contributed by atoms with E-state index in [4.69, 9.17) is 4.98 Å². The average Bonchev–Trinajstić information content (AvgIpc) is 3.30. The molecule has 1 fully saturated rings. The molecular formula is C28H29N7O. The minimum absolute atomic E-state index is 0.0444. The van der Waals surface area contributed by atoms with E-state index < -0.39 is 0 Å². The molecule has 0 atom stereocenters. The molecule has 0 radical (unpaired) electrons. The van der Waals surface area contributed by atoms with Gasteiger partial charge in [0.15, 0.2) is 0 Å². The van der Waals surface area contributed by atoms with Crippen LogP contribution in [0.3, 0.4) is 0 Å². The van der Waals surface area contributed by atoms with E-state index in [1.165, 1.54) is 0 Å². The average molecular weight is 480 g/mol. The molecule has 36 heavy (non-hydrogen) atoms. The van der Waals surface area contributed by atoms with Gasteiger partial charge in [-0.3, -0.25) is 9.20 Å². The summed E-state index contributed by atoms with van der Waals surface area (Å²) in [5.74, 6) is 0.848. The number of carbonyl (C=O) groups excluding carboxylic acids is 1. The zero-order valence-electron chi connectivity index (χ0n) is 20.6. The first kappa shape index (κ1) is 23.2. The third-order valence-electron chi connectivity index (χ3n) is 6.59. The lowest BCUT2D eigenvalue weighted by Gasteiger charge is -2.36. The number of rotatable bonds is 6. The summed E-state index contributed by atoms with van der Waals surface area (Å²) in [5.41, 5.74) is 5.34. The number of hydrogen-bond acceptors (Lipinski definition) is 6. The second-order valence-corrected chi connectivity index (χ2v) is 9.03. The Kier molecular flexibility index (Phi) is 6.46. The fourth-order valence-electron chi connectivity index (χ4n) is 4.60. The molecule has 1 aliphatic heterocycles. The van der Waals surface area contributed by atoms with E-state index in [9.17, 15) is 10.1 Å². The number of carbonyl (C=O) groups is 1. The summed E-state index contributed by atoms with van der Waals surface area (Å²) in [6, 6.07) is 24.0. The number of nitriles is 1. The van der Waals surface area contributed by atoms with Crippen LogP contribution >= 0.6 is 0 Å². The van der Waals surface area contributed by atoms with Gasteiger partial charge in [0.1, 0.15) is 23.2 Å². The molecule has 3 heterocycles. The van der Waals surface area contributed by atoms with Crippen LogP contribution in [0, 0.1) is 11.3 Å². The Morgan fingerprint density at radius 2 is 1.72 bits per heavy atom. The van der Waals surface area contributed by atoms with Crippen LogP contribution in [0.5, 0.6) is 0 Å². The van der Waals surface area contributed by atoms with Gasteiger partial charge in [0.05, 0.1) is 17.8 Å². The van der Waals surface area contributed by atoms with Gasteiger partial charge in [0.25, 0.3) is 0 Å². The number of anilines is 3. The summed E-state index contributed by atoms with van der Waals surface area (Å²) in [7, 11) is 4.03. The first-order valence-electron chi connectivity index (χ1n) is 12.1. The molecule has 2 aromatic carbocycles. The Balaban J connectivity index is 1.29. The zero-order chi connectivity index (χ0) is 25.1. The number of piperazine rings is 1. The molecule has 8 heteroatoms. The SMILES string of the molecule is CN(C)c1ccc(-c2nc3ccccn3c2NCC(=O)N2CCN(c3ccccc3C#N)CC2)cc1. The summed E-state index contributed by atoms with van der Waals surface area (Å²) in [6.07, 6.45) is 1.96. The van der Waals surface area contributed by atoms with E-state index in [1.807, 2.05) is 72.1 Å². The Morgan fingerprint density at radius 3 is 2.44 bits per heavy atom. The third kappa shape index (κ3) is 4.56. The summed E-state index contributed by atoms with van der Waals surface area (Å²) >= 11 is 0. The maximum atomic E-state index is 13.1. The van der Waals surface area contributed by atoms with Crippen molar-refractivity contribution < 1.29 is 4.79 Å².